The highest BCUT2D eigenvalue weighted by molar-refractivity contribution is 5.91. The van der Waals surface area contributed by atoms with E-state index in [2.05, 4.69) is 34.6 Å². The van der Waals surface area contributed by atoms with Crippen LogP contribution in [0.4, 0.5) is 0 Å². The fourth-order valence-corrected chi connectivity index (χ4v) is 5.71. The van der Waals surface area contributed by atoms with Crippen LogP contribution < -0.4 is 11.1 Å². The van der Waals surface area contributed by atoms with Crippen molar-refractivity contribution in [2.75, 3.05) is 13.1 Å². The Kier molecular flexibility index (Phi) is 9.71. The van der Waals surface area contributed by atoms with Crippen LogP contribution in [0.3, 0.4) is 0 Å². The van der Waals surface area contributed by atoms with Crippen LogP contribution in [0.1, 0.15) is 63.9 Å². The Labute approximate surface area is 225 Å². The molecule has 4 N–H and O–H groups in total. The predicted octanol–water partition coefficient (Wildman–Crippen LogP) is 4.74. The number of rotatable bonds is 13. The Balaban J connectivity index is 1.47. The van der Waals surface area contributed by atoms with Crippen molar-refractivity contribution in [2.45, 2.75) is 76.8 Å². The quantitative estimate of drug-likeness (QED) is 0.285. The Morgan fingerprint density at radius 1 is 1.03 bits per heavy atom. The first kappa shape index (κ1) is 27.6. The highest BCUT2D eigenvalue weighted by atomic mass is 16.2. The van der Waals surface area contributed by atoms with Crippen LogP contribution in [-0.4, -0.2) is 52.7 Å². The lowest BCUT2D eigenvalue weighted by molar-refractivity contribution is -0.133. The topological polar surface area (TPSA) is 108 Å². The number of ketones is 1. The molecule has 2 heterocycles. The minimum Gasteiger partial charge on any atom is -0.368 e. The standard InChI is InChI=1S/C31H40N4O3/c1-22(36)12-4-2-7-18-28(35-21-11-10-17-27(35)30(32)37)31(38)33-20-19-25-24-15-8-9-16-26(24)34-29(25)23-13-5-3-6-14-23/h3,5-6,8-9,13-16,27-28,34H,2,4,7,10-12,17-21H2,1H3,(H2,32,37)(H,33,38)/t27-,28+/m1/s1. The van der Waals surface area contributed by atoms with Crippen LogP contribution in [0.5, 0.6) is 0 Å². The first-order chi connectivity index (χ1) is 18.5. The second-order valence-electron chi connectivity index (χ2n) is 10.4. The molecular weight excluding hydrogens is 476 g/mol. The van der Waals surface area contributed by atoms with Crippen LogP contribution in [0.15, 0.2) is 54.6 Å². The van der Waals surface area contributed by atoms with E-state index in [1.54, 1.807) is 6.92 Å². The average Bonchev–Trinajstić information content (AvgIpc) is 3.29. The summed E-state index contributed by atoms with van der Waals surface area (Å²) >= 11 is 0. The minimum absolute atomic E-state index is 0.0502. The summed E-state index contributed by atoms with van der Waals surface area (Å²) in [6.07, 6.45) is 7.03. The number of carbonyl (C=O) groups is 3. The predicted molar refractivity (Wildman–Crippen MR) is 152 cm³/mol. The molecule has 1 fully saturated rings. The van der Waals surface area contributed by atoms with Crippen LogP contribution in [0, 0.1) is 0 Å². The molecule has 38 heavy (non-hydrogen) atoms. The first-order valence-corrected chi connectivity index (χ1v) is 13.9. The number of nitrogens with zero attached hydrogens (tertiary/aromatic N) is 1. The molecule has 2 atom stereocenters. The number of likely N-dealkylation sites (tertiary alicyclic amines) is 1. The van der Waals surface area contributed by atoms with Crippen LogP contribution in [-0.2, 0) is 20.8 Å². The van der Waals surface area contributed by atoms with Gasteiger partial charge in [-0.15, -0.1) is 0 Å². The molecule has 1 aliphatic heterocycles. The molecule has 202 valence electrons. The summed E-state index contributed by atoms with van der Waals surface area (Å²) in [7, 11) is 0. The molecule has 0 saturated carbocycles. The van der Waals surface area contributed by atoms with Crippen molar-refractivity contribution in [3.8, 4) is 11.3 Å². The lowest BCUT2D eigenvalue weighted by atomic mass is 9.96. The number of unbranched alkanes of at least 4 members (excludes halogenated alkanes) is 2. The second-order valence-corrected chi connectivity index (χ2v) is 10.4. The van der Waals surface area contributed by atoms with Gasteiger partial charge in [0.05, 0.1) is 12.1 Å². The number of benzene rings is 2. The highest BCUT2D eigenvalue weighted by Crippen LogP contribution is 2.30. The number of H-pyrrole nitrogens is 1. The van der Waals surface area contributed by atoms with Gasteiger partial charge >= 0.3 is 0 Å². The molecule has 0 bridgehead atoms. The minimum atomic E-state index is -0.407. The molecule has 1 aromatic heterocycles. The van der Waals surface area contributed by atoms with Crippen molar-refractivity contribution in [1.82, 2.24) is 15.2 Å². The lowest BCUT2D eigenvalue weighted by Gasteiger charge is -2.39. The Hall–Kier alpha value is -3.45. The molecule has 3 aromatic rings. The van der Waals surface area contributed by atoms with E-state index in [1.165, 1.54) is 5.56 Å². The normalized spacial score (nSPS) is 16.8. The number of piperidine rings is 1. The molecule has 4 rings (SSSR count). The van der Waals surface area contributed by atoms with Gasteiger partial charge in [0.25, 0.3) is 0 Å². The van der Waals surface area contributed by atoms with E-state index in [4.69, 9.17) is 5.73 Å². The Morgan fingerprint density at radius 2 is 1.79 bits per heavy atom. The number of aromatic nitrogens is 1. The number of nitrogens with two attached hydrogens (primary N) is 1. The number of hydrogen-bond donors (Lipinski definition) is 3. The summed E-state index contributed by atoms with van der Waals surface area (Å²) in [4.78, 5) is 42.7. The summed E-state index contributed by atoms with van der Waals surface area (Å²) in [5.74, 6) is -0.215. The van der Waals surface area contributed by atoms with Crippen molar-refractivity contribution in [2.24, 2.45) is 5.73 Å². The van der Waals surface area contributed by atoms with Crippen LogP contribution in [0.2, 0.25) is 0 Å². The fourth-order valence-electron chi connectivity index (χ4n) is 5.71. The Bertz CT molecular complexity index is 1240. The largest absolute Gasteiger partial charge is 0.368 e. The number of para-hydroxylation sites is 1. The van der Waals surface area contributed by atoms with E-state index in [9.17, 15) is 14.4 Å². The zero-order chi connectivity index (χ0) is 26.9. The second kappa shape index (κ2) is 13.4. The number of amides is 2. The van der Waals surface area contributed by atoms with Gasteiger partial charge < -0.3 is 20.8 Å². The average molecular weight is 517 g/mol. The third-order valence-electron chi connectivity index (χ3n) is 7.63. The van der Waals surface area contributed by atoms with Gasteiger partial charge in [0.1, 0.15) is 5.78 Å². The van der Waals surface area contributed by atoms with Gasteiger partial charge in [-0.1, -0.05) is 67.8 Å². The van der Waals surface area contributed by atoms with Crippen molar-refractivity contribution < 1.29 is 14.4 Å². The molecule has 1 aliphatic rings. The molecule has 0 radical (unpaired) electrons. The van der Waals surface area contributed by atoms with Gasteiger partial charge in [-0.05, 0) is 62.8 Å². The third kappa shape index (κ3) is 6.90. The zero-order valence-corrected chi connectivity index (χ0v) is 22.4. The number of nitrogens with one attached hydrogen (secondary N) is 2. The number of aromatic amines is 1. The number of fused-ring (bicyclic) bond motifs is 1. The summed E-state index contributed by atoms with van der Waals surface area (Å²) in [5.41, 5.74) is 10.2. The molecule has 0 unspecified atom stereocenters. The number of Topliss-reactive ketones (excluding diaryl/α,β-unsaturated/α-hetero) is 1. The SMILES string of the molecule is CC(=O)CCCCC[C@@H](C(=O)NCCc1c(-c2ccccc2)[nH]c2ccccc12)N1CCCC[C@@H]1C(N)=O. The van der Waals surface area contributed by atoms with E-state index in [1.807, 2.05) is 35.2 Å². The highest BCUT2D eigenvalue weighted by Gasteiger charge is 2.35. The first-order valence-electron chi connectivity index (χ1n) is 13.9. The van der Waals surface area contributed by atoms with E-state index >= 15 is 0 Å². The van der Waals surface area contributed by atoms with E-state index in [0.29, 0.717) is 38.8 Å². The van der Waals surface area contributed by atoms with E-state index in [-0.39, 0.29) is 17.6 Å². The molecule has 7 nitrogen and oxygen atoms in total. The molecule has 0 spiro atoms. The van der Waals surface area contributed by atoms with Crippen LogP contribution in [0.25, 0.3) is 22.2 Å². The van der Waals surface area contributed by atoms with Crippen molar-refractivity contribution >= 4 is 28.5 Å². The lowest BCUT2D eigenvalue weighted by Crippen LogP contribution is -2.57. The number of hydrogen-bond acceptors (Lipinski definition) is 4. The fraction of sp³-hybridized carbons (Fsp3) is 0.452. The Morgan fingerprint density at radius 3 is 2.55 bits per heavy atom. The smallest absolute Gasteiger partial charge is 0.237 e. The summed E-state index contributed by atoms with van der Waals surface area (Å²) in [6.45, 7) is 2.80. The number of primary amides is 1. The van der Waals surface area contributed by atoms with Gasteiger partial charge in [-0.2, -0.15) is 0 Å². The maximum Gasteiger partial charge on any atom is 0.237 e. The van der Waals surface area contributed by atoms with Gasteiger partial charge in [-0.3, -0.25) is 14.5 Å². The van der Waals surface area contributed by atoms with Gasteiger partial charge in [0.15, 0.2) is 0 Å². The molecule has 0 aliphatic carbocycles. The summed E-state index contributed by atoms with van der Waals surface area (Å²) in [6, 6.07) is 17.7. The van der Waals surface area contributed by atoms with E-state index < -0.39 is 12.1 Å². The molecular formula is C31H40N4O3. The molecule has 7 heteroatoms. The van der Waals surface area contributed by atoms with Gasteiger partial charge in [0, 0.05) is 29.6 Å². The maximum atomic E-state index is 13.6. The summed E-state index contributed by atoms with van der Waals surface area (Å²) < 4.78 is 0. The zero-order valence-electron chi connectivity index (χ0n) is 22.4. The van der Waals surface area contributed by atoms with Gasteiger partial charge in [0.2, 0.25) is 11.8 Å². The van der Waals surface area contributed by atoms with Crippen LogP contribution >= 0.6 is 0 Å². The maximum absolute atomic E-state index is 13.6. The monoisotopic (exact) mass is 516 g/mol. The van der Waals surface area contributed by atoms with E-state index in [0.717, 1.165) is 54.3 Å². The molecule has 1 saturated heterocycles. The third-order valence-corrected chi connectivity index (χ3v) is 7.63. The van der Waals surface area contributed by atoms with Crippen molar-refractivity contribution in [3.63, 3.8) is 0 Å². The molecule has 2 amide bonds. The molecule has 2 aromatic carbocycles. The van der Waals surface area contributed by atoms with Crippen molar-refractivity contribution in [3.05, 3.63) is 60.2 Å². The van der Waals surface area contributed by atoms with Gasteiger partial charge in [-0.25, -0.2) is 0 Å². The van der Waals surface area contributed by atoms with Crippen molar-refractivity contribution in [1.29, 1.82) is 0 Å². The summed E-state index contributed by atoms with van der Waals surface area (Å²) in [5, 5.41) is 4.34. The number of carbonyl (C=O) groups excluding carboxylic acids is 3.